The van der Waals surface area contributed by atoms with E-state index in [1.807, 2.05) is 26.8 Å². The highest BCUT2D eigenvalue weighted by molar-refractivity contribution is 7.94. The van der Waals surface area contributed by atoms with Crippen LogP contribution in [-0.4, -0.2) is 28.0 Å². The van der Waals surface area contributed by atoms with Crippen LogP contribution in [0.5, 0.6) is 5.75 Å². The number of ether oxygens (including phenoxy) is 1. The maximum absolute atomic E-state index is 12.6. The Morgan fingerprint density at radius 1 is 1.27 bits per heavy atom. The number of hydrogen-bond acceptors (Lipinski definition) is 5. The maximum atomic E-state index is 12.6. The number of hydrogen-bond donors (Lipinski definition) is 1. The molecule has 6 nitrogen and oxygen atoms in total. The van der Waals surface area contributed by atoms with Gasteiger partial charge in [0.05, 0.1) is 16.8 Å². The van der Waals surface area contributed by atoms with E-state index < -0.39 is 15.4 Å². The Labute approximate surface area is 157 Å². The Bertz CT molecular complexity index is 948. The van der Waals surface area contributed by atoms with E-state index in [1.165, 1.54) is 16.2 Å². The van der Waals surface area contributed by atoms with E-state index in [-0.39, 0.29) is 16.7 Å². The Balaban J connectivity index is 1.92. The highest BCUT2D eigenvalue weighted by Crippen LogP contribution is 2.38. The second kappa shape index (κ2) is 6.59. The molecule has 0 radical (unpaired) electrons. The van der Waals surface area contributed by atoms with Gasteiger partial charge in [-0.15, -0.1) is 11.3 Å². The monoisotopic (exact) mass is 394 g/mol. The number of nitrogens with one attached hydrogen (secondary N) is 1. The number of sulfonamides is 1. The van der Waals surface area contributed by atoms with Crippen LogP contribution in [0.4, 0.5) is 11.4 Å². The van der Waals surface area contributed by atoms with Crippen molar-refractivity contribution in [2.75, 3.05) is 23.3 Å². The third kappa shape index (κ3) is 3.43. The SMILES string of the molecule is CCc1ccc(S(=O)(=O)Nc2ccc3c(c2)N(C)C(=O)C(C)(C)CO3)s1. The minimum absolute atomic E-state index is 0.0814. The summed E-state index contributed by atoms with van der Waals surface area (Å²) in [6.45, 7) is 5.90. The summed E-state index contributed by atoms with van der Waals surface area (Å²) in [4.78, 5) is 15.1. The smallest absolute Gasteiger partial charge is 0.271 e. The lowest BCUT2D eigenvalue weighted by molar-refractivity contribution is -0.127. The molecule has 26 heavy (non-hydrogen) atoms. The first-order valence-corrected chi connectivity index (χ1v) is 10.6. The van der Waals surface area contributed by atoms with Crippen LogP contribution < -0.4 is 14.4 Å². The summed E-state index contributed by atoms with van der Waals surface area (Å²) in [7, 11) is -2.00. The topological polar surface area (TPSA) is 75.7 Å². The average molecular weight is 395 g/mol. The van der Waals surface area contributed by atoms with Gasteiger partial charge >= 0.3 is 0 Å². The molecule has 2 heterocycles. The number of nitrogens with zero attached hydrogens (tertiary/aromatic N) is 1. The summed E-state index contributed by atoms with van der Waals surface area (Å²) in [5, 5.41) is 0. The highest BCUT2D eigenvalue weighted by Gasteiger charge is 2.36. The Morgan fingerprint density at radius 3 is 2.65 bits per heavy atom. The van der Waals surface area contributed by atoms with Crippen molar-refractivity contribution in [2.24, 2.45) is 5.41 Å². The molecule has 1 aliphatic rings. The van der Waals surface area contributed by atoms with Gasteiger partial charge in [-0.3, -0.25) is 9.52 Å². The zero-order valence-corrected chi connectivity index (χ0v) is 16.8. The molecule has 2 aromatic rings. The minimum Gasteiger partial charge on any atom is -0.490 e. The number of rotatable bonds is 4. The van der Waals surface area contributed by atoms with E-state index in [0.29, 0.717) is 17.1 Å². The van der Waals surface area contributed by atoms with Gasteiger partial charge in [0.2, 0.25) is 5.91 Å². The molecule has 8 heteroatoms. The van der Waals surface area contributed by atoms with Crippen molar-refractivity contribution in [3.05, 3.63) is 35.2 Å². The first-order valence-electron chi connectivity index (χ1n) is 8.30. The van der Waals surface area contributed by atoms with Gasteiger partial charge in [0.25, 0.3) is 10.0 Å². The van der Waals surface area contributed by atoms with Gasteiger partial charge < -0.3 is 9.64 Å². The standard InChI is InChI=1S/C18H22N2O4S2/c1-5-13-7-9-16(25-13)26(22,23)19-12-6-8-15-14(10-12)20(4)17(21)18(2,3)11-24-15/h6-10,19H,5,11H2,1-4H3. The van der Waals surface area contributed by atoms with Crippen molar-refractivity contribution in [1.82, 2.24) is 0 Å². The molecule has 0 spiro atoms. The molecule has 0 bridgehead atoms. The van der Waals surface area contributed by atoms with Crippen molar-refractivity contribution in [3.63, 3.8) is 0 Å². The van der Waals surface area contributed by atoms with Crippen molar-refractivity contribution in [3.8, 4) is 5.75 Å². The number of benzene rings is 1. The fourth-order valence-corrected chi connectivity index (χ4v) is 5.09. The largest absolute Gasteiger partial charge is 0.490 e. The number of thiophene rings is 1. The van der Waals surface area contributed by atoms with E-state index in [0.717, 1.165) is 11.3 Å². The van der Waals surface area contributed by atoms with Crippen LogP contribution in [0.2, 0.25) is 0 Å². The van der Waals surface area contributed by atoms with Crippen molar-refractivity contribution < 1.29 is 17.9 Å². The average Bonchev–Trinajstić information content (AvgIpc) is 3.06. The molecule has 1 N–H and O–H groups in total. The molecular weight excluding hydrogens is 372 g/mol. The highest BCUT2D eigenvalue weighted by atomic mass is 32.2. The molecule has 0 atom stereocenters. The van der Waals surface area contributed by atoms with Crippen LogP contribution in [0, 0.1) is 5.41 Å². The second-order valence-electron chi connectivity index (χ2n) is 6.90. The molecule has 1 aromatic heterocycles. The zero-order chi connectivity index (χ0) is 19.1. The fraction of sp³-hybridized carbons (Fsp3) is 0.389. The molecule has 0 fully saturated rings. The molecular formula is C18H22N2O4S2. The van der Waals surface area contributed by atoms with Crippen LogP contribution in [0.3, 0.4) is 0 Å². The zero-order valence-electron chi connectivity index (χ0n) is 15.2. The van der Waals surface area contributed by atoms with Gasteiger partial charge in [-0.2, -0.15) is 0 Å². The number of fused-ring (bicyclic) bond motifs is 1. The lowest BCUT2D eigenvalue weighted by Gasteiger charge is -2.24. The Morgan fingerprint density at radius 2 is 2.00 bits per heavy atom. The van der Waals surface area contributed by atoms with Crippen LogP contribution in [0.1, 0.15) is 25.6 Å². The number of aryl methyl sites for hydroxylation is 1. The fourth-order valence-electron chi connectivity index (χ4n) is 2.75. The summed E-state index contributed by atoms with van der Waals surface area (Å²) < 4.78 is 33.8. The first kappa shape index (κ1) is 18.7. The number of amides is 1. The molecule has 0 saturated heterocycles. The molecule has 0 aliphatic carbocycles. The molecule has 1 amide bonds. The van der Waals surface area contributed by atoms with Crippen molar-refractivity contribution in [2.45, 2.75) is 31.4 Å². The van der Waals surface area contributed by atoms with Crippen LogP contribution >= 0.6 is 11.3 Å². The van der Waals surface area contributed by atoms with Gasteiger partial charge in [0, 0.05) is 11.9 Å². The van der Waals surface area contributed by atoms with Gasteiger partial charge in [0.1, 0.15) is 16.6 Å². The predicted octanol–water partition coefficient (Wildman–Crippen LogP) is 3.49. The molecule has 3 rings (SSSR count). The molecule has 1 aromatic carbocycles. The summed E-state index contributed by atoms with van der Waals surface area (Å²) >= 11 is 1.25. The number of carbonyl (C=O) groups is 1. The molecule has 140 valence electrons. The first-order chi connectivity index (χ1) is 12.1. The second-order valence-corrected chi connectivity index (χ2v) is 9.98. The predicted molar refractivity (Wildman–Crippen MR) is 104 cm³/mol. The number of carbonyl (C=O) groups excluding carboxylic acids is 1. The van der Waals surface area contributed by atoms with E-state index in [4.69, 9.17) is 4.74 Å². The number of anilines is 2. The van der Waals surface area contributed by atoms with Crippen molar-refractivity contribution >= 4 is 38.6 Å². The van der Waals surface area contributed by atoms with Gasteiger partial charge in [-0.25, -0.2) is 8.42 Å². The summed E-state index contributed by atoms with van der Waals surface area (Å²) in [6.07, 6.45) is 0.791. The van der Waals surface area contributed by atoms with Crippen LogP contribution in [0.15, 0.2) is 34.5 Å². The van der Waals surface area contributed by atoms with Crippen molar-refractivity contribution in [1.29, 1.82) is 0 Å². The Hall–Kier alpha value is -2.06. The van der Waals surface area contributed by atoms with E-state index >= 15 is 0 Å². The van der Waals surface area contributed by atoms with E-state index in [9.17, 15) is 13.2 Å². The van der Waals surface area contributed by atoms with Gasteiger partial charge in [-0.1, -0.05) is 6.92 Å². The van der Waals surface area contributed by atoms with Gasteiger partial charge in [0.15, 0.2) is 0 Å². The molecule has 0 saturated carbocycles. The third-order valence-electron chi connectivity index (χ3n) is 4.29. The lowest BCUT2D eigenvalue weighted by atomic mass is 9.93. The van der Waals surface area contributed by atoms with E-state index in [1.54, 1.807) is 31.3 Å². The van der Waals surface area contributed by atoms with Crippen LogP contribution in [-0.2, 0) is 21.2 Å². The molecule has 0 unspecified atom stereocenters. The summed E-state index contributed by atoms with van der Waals surface area (Å²) in [5.41, 5.74) is 0.278. The Kier molecular flexibility index (Phi) is 4.74. The quantitative estimate of drug-likeness (QED) is 0.861. The maximum Gasteiger partial charge on any atom is 0.271 e. The van der Waals surface area contributed by atoms with Crippen LogP contribution in [0.25, 0.3) is 0 Å². The summed E-state index contributed by atoms with van der Waals surface area (Å²) in [5.74, 6) is 0.473. The van der Waals surface area contributed by atoms with E-state index in [2.05, 4.69) is 4.72 Å². The third-order valence-corrected chi connectivity index (χ3v) is 7.40. The molecule has 1 aliphatic heterocycles. The summed E-state index contributed by atoms with van der Waals surface area (Å²) in [6, 6.07) is 8.38. The minimum atomic E-state index is -3.67. The normalized spacial score (nSPS) is 16.6. The lowest BCUT2D eigenvalue weighted by Crippen LogP contribution is -2.39. The van der Waals surface area contributed by atoms with Gasteiger partial charge in [-0.05, 0) is 50.6 Å².